The van der Waals surface area contributed by atoms with Crippen LogP contribution >= 0.6 is 0 Å². The number of aryl methyl sites for hydroxylation is 1. The van der Waals surface area contributed by atoms with E-state index in [9.17, 15) is 18.0 Å². The first-order valence-electron chi connectivity index (χ1n) is 4.87. The van der Waals surface area contributed by atoms with Gasteiger partial charge >= 0.3 is 12.1 Å². The van der Waals surface area contributed by atoms with Crippen LogP contribution in [-0.4, -0.2) is 19.3 Å². The highest BCUT2D eigenvalue weighted by atomic mass is 19.4. The summed E-state index contributed by atoms with van der Waals surface area (Å²) in [6.07, 6.45) is -5.34. The molecule has 0 bridgehead atoms. The SMILES string of the molecule is COC(=O)c1cc(CCC(F)(F)F)ccc1N. The van der Waals surface area contributed by atoms with Gasteiger partial charge in [-0.2, -0.15) is 13.2 Å². The smallest absolute Gasteiger partial charge is 0.389 e. The number of methoxy groups -OCH3 is 1. The minimum atomic E-state index is -4.22. The molecular formula is C11H12F3NO2. The topological polar surface area (TPSA) is 52.3 Å². The molecule has 0 saturated carbocycles. The Labute approximate surface area is 96.4 Å². The van der Waals surface area contributed by atoms with Gasteiger partial charge in [0.05, 0.1) is 12.7 Å². The zero-order valence-corrected chi connectivity index (χ0v) is 9.17. The number of alkyl halides is 3. The number of carbonyl (C=O) groups is 1. The fourth-order valence-corrected chi connectivity index (χ4v) is 1.33. The zero-order chi connectivity index (χ0) is 13.1. The number of halogens is 3. The fraction of sp³-hybridized carbons (Fsp3) is 0.364. The van der Waals surface area contributed by atoms with Crippen molar-refractivity contribution in [1.29, 1.82) is 0 Å². The Balaban J connectivity index is 2.86. The maximum atomic E-state index is 12.0. The largest absolute Gasteiger partial charge is 0.465 e. The molecule has 17 heavy (non-hydrogen) atoms. The van der Waals surface area contributed by atoms with Gasteiger partial charge in [-0.15, -0.1) is 0 Å². The van der Waals surface area contributed by atoms with Crippen molar-refractivity contribution >= 4 is 11.7 Å². The lowest BCUT2D eigenvalue weighted by atomic mass is 10.0. The molecule has 0 unspecified atom stereocenters. The van der Waals surface area contributed by atoms with Gasteiger partial charge in [0.25, 0.3) is 0 Å². The van der Waals surface area contributed by atoms with Crippen LogP contribution in [0, 0.1) is 0 Å². The summed E-state index contributed by atoms with van der Waals surface area (Å²) in [5.74, 6) is -0.656. The number of nitrogen functional groups attached to an aromatic ring is 1. The molecule has 6 heteroatoms. The molecule has 0 spiro atoms. The summed E-state index contributed by atoms with van der Waals surface area (Å²) in [7, 11) is 1.18. The van der Waals surface area contributed by atoms with Gasteiger partial charge < -0.3 is 10.5 Å². The third-order valence-electron chi connectivity index (χ3n) is 2.22. The van der Waals surface area contributed by atoms with Gasteiger partial charge in [0.2, 0.25) is 0 Å². The van der Waals surface area contributed by atoms with Crippen LogP contribution in [0.4, 0.5) is 18.9 Å². The Morgan fingerprint density at radius 2 is 2.06 bits per heavy atom. The van der Waals surface area contributed by atoms with Crippen LogP contribution in [-0.2, 0) is 11.2 Å². The van der Waals surface area contributed by atoms with Crippen molar-refractivity contribution in [2.45, 2.75) is 19.0 Å². The summed E-state index contributed by atoms with van der Waals surface area (Å²) in [4.78, 5) is 11.3. The third kappa shape index (κ3) is 3.97. The van der Waals surface area contributed by atoms with Gasteiger partial charge in [-0.05, 0) is 24.1 Å². The second kappa shape index (κ2) is 5.07. The van der Waals surface area contributed by atoms with Crippen LogP contribution < -0.4 is 5.73 Å². The molecule has 1 rings (SSSR count). The molecule has 0 atom stereocenters. The molecule has 94 valence electrons. The average molecular weight is 247 g/mol. The van der Waals surface area contributed by atoms with Crippen molar-refractivity contribution in [2.24, 2.45) is 0 Å². The Hall–Kier alpha value is -1.72. The molecular weight excluding hydrogens is 235 g/mol. The highest BCUT2D eigenvalue weighted by molar-refractivity contribution is 5.95. The third-order valence-corrected chi connectivity index (χ3v) is 2.22. The van der Waals surface area contributed by atoms with Crippen molar-refractivity contribution in [1.82, 2.24) is 0 Å². The van der Waals surface area contributed by atoms with Gasteiger partial charge in [-0.1, -0.05) is 6.07 Å². The molecule has 1 aromatic carbocycles. The van der Waals surface area contributed by atoms with Crippen LogP contribution in [0.15, 0.2) is 18.2 Å². The summed E-state index contributed by atoms with van der Waals surface area (Å²) in [6.45, 7) is 0. The molecule has 2 N–H and O–H groups in total. The maximum Gasteiger partial charge on any atom is 0.389 e. The average Bonchev–Trinajstić information content (AvgIpc) is 2.26. The van der Waals surface area contributed by atoms with E-state index in [2.05, 4.69) is 4.74 Å². The number of carbonyl (C=O) groups excluding carboxylic acids is 1. The lowest BCUT2D eigenvalue weighted by Gasteiger charge is -2.08. The van der Waals surface area contributed by atoms with Crippen molar-refractivity contribution in [3.05, 3.63) is 29.3 Å². The lowest BCUT2D eigenvalue weighted by Crippen LogP contribution is -2.10. The van der Waals surface area contributed by atoms with Crippen molar-refractivity contribution < 1.29 is 22.7 Å². The zero-order valence-electron chi connectivity index (χ0n) is 9.17. The maximum absolute atomic E-state index is 12.0. The highest BCUT2D eigenvalue weighted by Crippen LogP contribution is 2.23. The number of hydrogen-bond donors (Lipinski definition) is 1. The Morgan fingerprint density at radius 1 is 1.41 bits per heavy atom. The Morgan fingerprint density at radius 3 is 2.59 bits per heavy atom. The monoisotopic (exact) mass is 247 g/mol. The summed E-state index contributed by atoms with van der Waals surface area (Å²) < 4.78 is 40.6. The second-order valence-electron chi connectivity index (χ2n) is 3.53. The van der Waals surface area contributed by atoms with Crippen molar-refractivity contribution in [2.75, 3.05) is 12.8 Å². The van der Waals surface area contributed by atoms with E-state index in [0.29, 0.717) is 5.56 Å². The molecule has 0 aliphatic heterocycles. The first-order chi connectivity index (χ1) is 7.83. The van der Waals surface area contributed by atoms with Crippen LogP contribution in [0.1, 0.15) is 22.3 Å². The molecule has 1 aromatic rings. The van der Waals surface area contributed by atoms with E-state index in [4.69, 9.17) is 5.73 Å². The predicted octanol–water partition coefficient (Wildman–Crippen LogP) is 2.55. The quantitative estimate of drug-likeness (QED) is 0.659. The molecule has 0 radical (unpaired) electrons. The van der Waals surface area contributed by atoms with Gasteiger partial charge in [-0.25, -0.2) is 4.79 Å². The number of rotatable bonds is 3. The standard InChI is InChI=1S/C11H12F3NO2/c1-17-10(16)8-6-7(2-3-9(8)15)4-5-11(12,13)14/h2-3,6H,4-5,15H2,1H3. The first-order valence-corrected chi connectivity index (χ1v) is 4.87. The van der Waals surface area contributed by atoms with E-state index in [1.807, 2.05) is 0 Å². The first kappa shape index (κ1) is 13.3. The van der Waals surface area contributed by atoms with Crippen LogP contribution in [0.25, 0.3) is 0 Å². The molecule has 0 heterocycles. The fourth-order valence-electron chi connectivity index (χ4n) is 1.33. The minimum Gasteiger partial charge on any atom is -0.465 e. The number of nitrogens with two attached hydrogens (primary N) is 1. The highest BCUT2D eigenvalue weighted by Gasteiger charge is 2.26. The second-order valence-corrected chi connectivity index (χ2v) is 3.53. The van der Waals surface area contributed by atoms with Crippen molar-refractivity contribution in [3.63, 3.8) is 0 Å². The van der Waals surface area contributed by atoms with E-state index in [0.717, 1.165) is 0 Å². The van der Waals surface area contributed by atoms with Crippen LogP contribution in [0.2, 0.25) is 0 Å². The number of esters is 1. The van der Waals surface area contributed by atoms with Gasteiger partial charge in [0.15, 0.2) is 0 Å². The summed E-state index contributed by atoms with van der Waals surface area (Å²) in [5, 5.41) is 0. The van der Waals surface area contributed by atoms with E-state index < -0.39 is 18.6 Å². The van der Waals surface area contributed by atoms with E-state index in [-0.39, 0.29) is 17.7 Å². The van der Waals surface area contributed by atoms with Gasteiger partial charge in [0, 0.05) is 12.1 Å². The molecule has 3 nitrogen and oxygen atoms in total. The Kier molecular flexibility index (Phi) is 3.98. The number of anilines is 1. The van der Waals surface area contributed by atoms with E-state index in [1.54, 1.807) is 0 Å². The van der Waals surface area contributed by atoms with E-state index >= 15 is 0 Å². The molecule has 0 aliphatic carbocycles. The van der Waals surface area contributed by atoms with E-state index in [1.165, 1.54) is 25.3 Å². The lowest BCUT2D eigenvalue weighted by molar-refractivity contribution is -0.133. The number of ether oxygens (including phenoxy) is 1. The molecule has 0 aliphatic rings. The Bertz CT molecular complexity index is 416. The summed E-state index contributed by atoms with van der Waals surface area (Å²) in [5.41, 5.74) is 6.20. The molecule has 0 aromatic heterocycles. The van der Waals surface area contributed by atoms with Crippen LogP contribution in [0.3, 0.4) is 0 Å². The van der Waals surface area contributed by atoms with Crippen LogP contribution in [0.5, 0.6) is 0 Å². The predicted molar refractivity (Wildman–Crippen MR) is 56.6 cm³/mol. The molecule has 0 amide bonds. The molecule has 0 saturated heterocycles. The minimum absolute atomic E-state index is 0.0900. The van der Waals surface area contributed by atoms with Gasteiger partial charge in [-0.3, -0.25) is 0 Å². The van der Waals surface area contributed by atoms with Gasteiger partial charge in [0.1, 0.15) is 0 Å². The normalized spacial score (nSPS) is 11.3. The number of benzene rings is 1. The van der Waals surface area contributed by atoms with Crippen molar-refractivity contribution in [3.8, 4) is 0 Å². The summed E-state index contributed by atoms with van der Waals surface area (Å²) in [6, 6.07) is 4.19. The summed E-state index contributed by atoms with van der Waals surface area (Å²) >= 11 is 0. The molecule has 0 fully saturated rings. The number of hydrogen-bond acceptors (Lipinski definition) is 3.